The van der Waals surface area contributed by atoms with Crippen molar-refractivity contribution in [3.63, 3.8) is 0 Å². The number of carbonyl (C=O) groups excluding carboxylic acids is 1. The van der Waals surface area contributed by atoms with Crippen molar-refractivity contribution in [3.05, 3.63) is 69.6 Å². The largest absolute Gasteiger partial charge is 0.278 e. The summed E-state index contributed by atoms with van der Waals surface area (Å²) in [7, 11) is 0. The Bertz CT molecular complexity index is 866. The van der Waals surface area contributed by atoms with Crippen LogP contribution in [0.1, 0.15) is 42.0 Å². The zero-order valence-corrected chi connectivity index (χ0v) is 15.8. The van der Waals surface area contributed by atoms with Crippen molar-refractivity contribution in [2.45, 2.75) is 33.6 Å². The SMILES string of the molecule is Cc1ccc(N2C(=N)S/C(=C\c3ccc(C(C)C)cc3)C2=O)cc1C. The standard InChI is InChI=1S/C21H22N2OS/c1-13(2)17-8-6-16(7-9-17)12-19-20(24)23(21(22)25-19)18-10-5-14(3)15(4)11-18/h5-13,22H,1-4H3/b19-12-,22-21?. The van der Waals surface area contributed by atoms with Gasteiger partial charge in [0.1, 0.15) is 0 Å². The molecule has 0 spiro atoms. The van der Waals surface area contributed by atoms with Crippen LogP contribution in [0.15, 0.2) is 47.4 Å². The number of benzene rings is 2. The number of hydrogen-bond acceptors (Lipinski definition) is 3. The van der Waals surface area contributed by atoms with E-state index >= 15 is 0 Å². The molecule has 3 rings (SSSR count). The van der Waals surface area contributed by atoms with Crippen LogP contribution in [-0.2, 0) is 4.79 Å². The number of rotatable bonds is 3. The summed E-state index contributed by atoms with van der Waals surface area (Å²) in [6.45, 7) is 8.37. The predicted octanol–water partition coefficient (Wildman–Crippen LogP) is 5.48. The number of nitrogens with one attached hydrogen (secondary N) is 1. The van der Waals surface area contributed by atoms with Gasteiger partial charge in [0.15, 0.2) is 5.17 Å². The van der Waals surface area contributed by atoms with Gasteiger partial charge in [-0.3, -0.25) is 15.1 Å². The minimum absolute atomic E-state index is 0.133. The molecule has 1 heterocycles. The van der Waals surface area contributed by atoms with Crippen molar-refractivity contribution in [2.75, 3.05) is 4.90 Å². The van der Waals surface area contributed by atoms with Crippen LogP contribution in [0, 0.1) is 19.3 Å². The minimum Gasteiger partial charge on any atom is -0.278 e. The van der Waals surface area contributed by atoms with Crippen LogP contribution < -0.4 is 4.90 Å². The second kappa shape index (κ2) is 6.89. The summed E-state index contributed by atoms with van der Waals surface area (Å²) in [5.41, 5.74) is 5.30. The van der Waals surface area contributed by atoms with Crippen LogP contribution >= 0.6 is 11.8 Å². The fourth-order valence-electron chi connectivity index (χ4n) is 2.71. The molecule has 128 valence electrons. The molecule has 1 N–H and O–H groups in total. The smallest absolute Gasteiger partial charge is 0.271 e. The van der Waals surface area contributed by atoms with Gasteiger partial charge in [0.25, 0.3) is 5.91 Å². The molecule has 1 aliphatic heterocycles. The predicted molar refractivity (Wildman–Crippen MR) is 107 cm³/mol. The summed E-state index contributed by atoms with van der Waals surface area (Å²) in [4.78, 5) is 14.8. The minimum atomic E-state index is -0.133. The van der Waals surface area contributed by atoms with E-state index in [0.29, 0.717) is 10.8 Å². The lowest BCUT2D eigenvalue weighted by Crippen LogP contribution is -2.28. The Morgan fingerprint density at radius 1 is 1.04 bits per heavy atom. The third-order valence-corrected chi connectivity index (χ3v) is 5.36. The van der Waals surface area contributed by atoms with Crippen LogP contribution in [0.5, 0.6) is 0 Å². The summed E-state index contributed by atoms with van der Waals surface area (Å²) in [6.07, 6.45) is 1.87. The Hall–Kier alpha value is -2.33. The summed E-state index contributed by atoms with van der Waals surface area (Å²) >= 11 is 1.21. The van der Waals surface area contributed by atoms with Gasteiger partial charge in [-0.25, -0.2) is 0 Å². The highest BCUT2D eigenvalue weighted by Gasteiger charge is 2.33. The van der Waals surface area contributed by atoms with E-state index in [-0.39, 0.29) is 11.1 Å². The lowest BCUT2D eigenvalue weighted by Gasteiger charge is -2.15. The van der Waals surface area contributed by atoms with Crippen molar-refractivity contribution >= 4 is 34.6 Å². The molecule has 0 atom stereocenters. The highest BCUT2D eigenvalue weighted by Crippen LogP contribution is 2.35. The van der Waals surface area contributed by atoms with E-state index in [2.05, 4.69) is 26.0 Å². The first kappa shape index (κ1) is 17.5. The summed E-state index contributed by atoms with van der Waals surface area (Å²) < 4.78 is 0. The number of thioether (sulfide) groups is 1. The van der Waals surface area contributed by atoms with Crippen molar-refractivity contribution in [3.8, 4) is 0 Å². The number of amidine groups is 1. The second-order valence-electron chi connectivity index (χ2n) is 6.65. The van der Waals surface area contributed by atoms with Crippen molar-refractivity contribution < 1.29 is 4.79 Å². The van der Waals surface area contributed by atoms with Gasteiger partial charge in [-0.05, 0) is 72.0 Å². The second-order valence-corrected chi connectivity index (χ2v) is 7.68. The Kier molecular flexibility index (Phi) is 4.82. The molecule has 0 saturated carbocycles. The molecular weight excluding hydrogens is 328 g/mol. The average molecular weight is 350 g/mol. The van der Waals surface area contributed by atoms with Gasteiger partial charge in [-0.15, -0.1) is 0 Å². The maximum atomic E-state index is 12.8. The average Bonchev–Trinajstić information content (AvgIpc) is 2.85. The Balaban J connectivity index is 1.88. The maximum absolute atomic E-state index is 12.8. The first-order chi connectivity index (χ1) is 11.9. The molecule has 1 fully saturated rings. The van der Waals surface area contributed by atoms with E-state index in [1.165, 1.54) is 27.8 Å². The Morgan fingerprint density at radius 3 is 2.32 bits per heavy atom. The quantitative estimate of drug-likeness (QED) is 0.745. The van der Waals surface area contributed by atoms with Gasteiger partial charge >= 0.3 is 0 Å². The molecule has 0 aromatic heterocycles. The molecule has 0 bridgehead atoms. The lowest BCUT2D eigenvalue weighted by molar-refractivity contribution is -0.113. The number of carbonyl (C=O) groups is 1. The van der Waals surface area contributed by atoms with E-state index in [1.807, 2.05) is 50.3 Å². The van der Waals surface area contributed by atoms with Crippen LogP contribution in [0.25, 0.3) is 6.08 Å². The highest BCUT2D eigenvalue weighted by molar-refractivity contribution is 8.19. The molecule has 0 radical (unpaired) electrons. The molecule has 0 aliphatic carbocycles. The van der Waals surface area contributed by atoms with Crippen molar-refractivity contribution in [1.82, 2.24) is 0 Å². The summed E-state index contributed by atoms with van der Waals surface area (Å²) in [6, 6.07) is 14.1. The molecule has 2 aromatic carbocycles. The highest BCUT2D eigenvalue weighted by atomic mass is 32.2. The monoisotopic (exact) mass is 350 g/mol. The molecule has 1 aliphatic rings. The molecule has 4 heteroatoms. The van der Waals surface area contributed by atoms with Gasteiger partial charge < -0.3 is 0 Å². The van der Waals surface area contributed by atoms with Gasteiger partial charge in [-0.2, -0.15) is 0 Å². The van der Waals surface area contributed by atoms with E-state index < -0.39 is 0 Å². The van der Waals surface area contributed by atoms with Crippen LogP contribution in [0.3, 0.4) is 0 Å². The lowest BCUT2D eigenvalue weighted by atomic mass is 10.0. The fourth-order valence-corrected chi connectivity index (χ4v) is 3.58. The molecule has 25 heavy (non-hydrogen) atoms. The number of hydrogen-bond donors (Lipinski definition) is 1. The Morgan fingerprint density at radius 2 is 1.72 bits per heavy atom. The van der Waals surface area contributed by atoms with E-state index in [9.17, 15) is 4.79 Å². The van der Waals surface area contributed by atoms with E-state index in [1.54, 1.807) is 0 Å². The summed E-state index contributed by atoms with van der Waals surface area (Å²) in [5.74, 6) is 0.351. The number of anilines is 1. The zero-order valence-electron chi connectivity index (χ0n) is 15.0. The molecule has 3 nitrogen and oxygen atoms in total. The van der Waals surface area contributed by atoms with Crippen LogP contribution in [-0.4, -0.2) is 11.1 Å². The zero-order chi connectivity index (χ0) is 18.1. The van der Waals surface area contributed by atoms with Gasteiger partial charge in [-0.1, -0.05) is 44.2 Å². The molecule has 1 amide bonds. The van der Waals surface area contributed by atoms with Gasteiger partial charge in [0, 0.05) is 0 Å². The van der Waals surface area contributed by atoms with Gasteiger partial charge in [0.2, 0.25) is 0 Å². The number of amides is 1. The molecular formula is C21H22N2OS. The van der Waals surface area contributed by atoms with Crippen molar-refractivity contribution in [2.24, 2.45) is 0 Å². The number of aryl methyl sites for hydroxylation is 2. The fraction of sp³-hybridized carbons (Fsp3) is 0.238. The third-order valence-electron chi connectivity index (χ3n) is 4.47. The topological polar surface area (TPSA) is 44.2 Å². The summed E-state index contributed by atoms with van der Waals surface area (Å²) in [5, 5.41) is 8.46. The van der Waals surface area contributed by atoms with Crippen molar-refractivity contribution in [1.29, 1.82) is 5.41 Å². The first-order valence-electron chi connectivity index (χ1n) is 8.36. The van der Waals surface area contributed by atoms with E-state index in [4.69, 9.17) is 5.41 Å². The van der Waals surface area contributed by atoms with E-state index in [0.717, 1.165) is 16.8 Å². The normalized spacial score (nSPS) is 16.4. The third kappa shape index (κ3) is 3.54. The molecule has 0 unspecified atom stereocenters. The maximum Gasteiger partial charge on any atom is 0.271 e. The molecule has 1 saturated heterocycles. The van der Waals surface area contributed by atoms with Gasteiger partial charge in [0.05, 0.1) is 10.6 Å². The van der Waals surface area contributed by atoms with Crippen LogP contribution in [0.2, 0.25) is 0 Å². The number of nitrogens with zero attached hydrogens (tertiary/aromatic N) is 1. The van der Waals surface area contributed by atoms with Crippen LogP contribution in [0.4, 0.5) is 5.69 Å². The Labute approximate surface area is 153 Å². The molecule has 2 aromatic rings. The first-order valence-corrected chi connectivity index (χ1v) is 9.18.